The molecule has 0 bridgehead atoms. The zero-order valence-corrected chi connectivity index (χ0v) is 14.3. The maximum atomic E-state index is 13.7. The number of hydrogen-bond donors (Lipinski definition) is 1. The highest BCUT2D eigenvalue weighted by Crippen LogP contribution is 2.32. The van der Waals surface area contributed by atoms with Crippen molar-refractivity contribution >= 4 is 12.4 Å². The normalized spacial score (nSPS) is 10.0. The van der Waals surface area contributed by atoms with E-state index >= 15 is 0 Å². The van der Waals surface area contributed by atoms with Crippen molar-refractivity contribution < 1.29 is 13.9 Å². The summed E-state index contributed by atoms with van der Waals surface area (Å²) in [5, 5.41) is 3.34. The monoisotopic (exact) mass is 339 g/mol. The van der Waals surface area contributed by atoms with Crippen molar-refractivity contribution in [2.75, 3.05) is 13.7 Å². The third kappa shape index (κ3) is 5.41. The summed E-state index contributed by atoms with van der Waals surface area (Å²) in [4.78, 5) is 0. The summed E-state index contributed by atoms with van der Waals surface area (Å²) in [5.41, 5.74) is 1.53. The molecule has 2 aromatic rings. The molecule has 2 rings (SSSR count). The van der Waals surface area contributed by atoms with Gasteiger partial charge >= 0.3 is 0 Å². The van der Waals surface area contributed by atoms with Gasteiger partial charge < -0.3 is 14.8 Å². The number of rotatable bonds is 8. The molecule has 5 heteroatoms. The van der Waals surface area contributed by atoms with Crippen molar-refractivity contribution in [3.05, 3.63) is 59.4 Å². The van der Waals surface area contributed by atoms with Crippen LogP contribution in [0.4, 0.5) is 4.39 Å². The lowest BCUT2D eigenvalue weighted by Gasteiger charge is -2.15. The Labute approximate surface area is 143 Å². The summed E-state index contributed by atoms with van der Waals surface area (Å²) in [6.07, 6.45) is 1.06. The SMILES string of the molecule is CCCNCc1cccc(OC)c1OCc1ccccc1F.Cl. The Morgan fingerprint density at radius 2 is 1.78 bits per heavy atom. The van der Waals surface area contributed by atoms with Gasteiger partial charge in [0.1, 0.15) is 12.4 Å². The predicted octanol–water partition coefficient (Wildman–Crippen LogP) is 4.33. The first kappa shape index (κ1) is 19.3. The van der Waals surface area contributed by atoms with Crippen LogP contribution in [0.15, 0.2) is 42.5 Å². The first-order valence-electron chi connectivity index (χ1n) is 7.49. The van der Waals surface area contributed by atoms with Crippen LogP contribution in [0.5, 0.6) is 11.5 Å². The topological polar surface area (TPSA) is 30.5 Å². The number of halogens is 2. The smallest absolute Gasteiger partial charge is 0.166 e. The van der Waals surface area contributed by atoms with Crippen molar-refractivity contribution in [1.82, 2.24) is 5.32 Å². The molecular weight excluding hydrogens is 317 g/mol. The Bertz CT molecular complexity index is 607. The van der Waals surface area contributed by atoms with E-state index in [4.69, 9.17) is 9.47 Å². The van der Waals surface area contributed by atoms with Crippen LogP contribution in [0, 0.1) is 5.82 Å². The third-order valence-corrected chi connectivity index (χ3v) is 3.35. The van der Waals surface area contributed by atoms with E-state index in [0.29, 0.717) is 23.6 Å². The van der Waals surface area contributed by atoms with Gasteiger partial charge in [-0.1, -0.05) is 37.3 Å². The molecule has 0 saturated heterocycles. The van der Waals surface area contributed by atoms with Gasteiger partial charge in [-0.3, -0.25) is 0 Å². The largest absolute Gasteiger partial charge is 0.493 e. The zero-order chi connectivity index (χ0) is 15.8. The minimum atomic E-state index is -0.261. The molecule has 126 valence electrons. The lowest BCUT2D eigenvalue weighted by molar-refractivity contribution is 0.276. The maximum Gasteiger partial charge on any atom is 0.166 e. The Hall–Kier alpha value is -1.78. The lowest BCUT2D eigenvalue weighted by atomic mass is 10.1. The fraction of sp³-hybridized carbons (Fsp3) is 0.333. The second kappa shape index (κ2) is 10.1. The molecule has 0 aliphatic rings. The van der Waals surface area contributed by atoms with Crippen LogP contribution in [0.2, 0.25) is 0 Å². The fourth-order valence-corrected chi connectivity index (χ4v) is 2.19. The van der Waals surface area contributed by atoms with Gasteiger partial charge in [-0.2, -0.15) is 0 Å². The second-order valence-corrected chi connectivity index (χ2v) is 5.01. The Morgan fingerprint density at radius 1 is 1.04 bits per heavy atom. The van der Waals surface area contributed by atoms with Gasteiger partial charge in [-0.15, -0.1) is 12.4 Å². The quantitative estimate of drug-likeness (QED) is 0.726. The number of methoxy groups -OCH3 is 1. The standard InChI is InChI=1S/C18H22FNO2.ClH/c1-3-11-20-12-14-8-6-10-17(21-2)18(14)22-13-15-7-4-5-9-16(15)19;/h4-10,20H,3,11-13H2,1-2H3;1H. The van der Waals surface area contributed by atoms with Crippen LogP contribution in [-0.2, 0) is 13.2 Å². The zero-order valence-electron chi connectivity index (χ0n) is 13.5. The summed E-state index contributed by atoms with van der Waals surface area (Å²) >= 11 is 0. The molecule has 23 heavy (non-hydrogen) atoms. The molecule has 0 aromatic heterocycles. The fourth-order valence-electron chi connectivity index (χ4n) is 2.19. The van der Waals surface area contributed by atoms with Crippen LogP contribution in [0.3, 0.4) is 0 Å². The second-order valence-electron chi connectivity index (χ2n) is 5.01. The summed E-state index contributed by atoms with van der Waals surface area (Å²) in [5.74, 6) is 1.06. The van der Waals surface area contributed by atoms with Gasteiger partial charge in [-0.05, 0) is 25.1 Å². The first-order valence-corrected chi connectivity index (χ1v) is 7.49. The van der Waals surface area contributed by atoms with E-state index in [1.165, 1.54) is 6.07 Å². The van der Waals surface area contributed by atoms with E-state index < -0.39 is 0 Å². The van der Waals surface area contributed by atoms with Crippen molar-refractivity contribution in [3.8, 4) is 11.5 Å². The van der Waals surface area contributed by atoms with Crippen LogP contribution in [0.25, 0.3) is 0 Å². The van der Waals surface area contributed by atoms with Crippen molar-refractivity contribution in [2.45, 2.75) is 26.5 Å². The molecule has 3 nitrogen and oxygen atoms in total. The maximum absolute atomic E-state index is 13.7. The molecule has 0 aliphatic carbocycles. The minimum Gasteiger partial charge on any atom is -0.493 e. The molecule has 0 heterocycles. The highest BCUT2D eigenvalue weighted by molar-refractivity contribution is 5.85. The predicted molar refractivity (Wildman–Crippen MR) is 93.0 cm³/mol. The van der Waals surface area contributed by atoms with Gasteiger partial charge in [0, 0.05) is 17.7 Å². The number of nitrogens with one attached hydrogen (secondary N) is 1. The van der Waals surface area contributed by atoms with Crippen LogP contribution < -0.4 is 14.8 Å². The number of benzene rings is 2. The molecule has 0 radical (unpaired) electrons. The van der Waals surface area contributed by atoms with E-state index in [2.05, 4.69) is 12.2 Å². The van der Waals surface area contributed by atoms with E-state index in [-0.39, 0.29) is 24.8 Å². The Morgan fingerprint density at radius 3 is 2.48 bits per heavy atom. The lowest BCUT2D eigenvalue weighted by Crippen LogP contribution is -2.15. The average Bonchev–Trinajstić information content (AvgIpc) is 2.55. The van der Waals surface area contributed by atoms with Gasteiger partial charge in [0.05, 0.1) is 7.11 Å². The number of ether oxygens (including phenoxy) is 2. The van der Waals surface area contributed by atoms with Crippen LogP contribution in [0.1, 0.15) is 24.5 Å². The molecule has 1 N–H and O–H groups in total. The summed E-state index contributed by atoms with van der Waals surface area (Å²) in [7, 11) is 1.61. The van der Waals surface area contributed by atoms with E-state index in [1.807, 2.05) is 18.2 Å². The van der Waals surface area contributed by atoms with Crippen molar-refractivity contribution in [3.63, 3.8) is 0 Å². The highest BCUT2D eigenvalue weighted by Gasteiger charge is 2.11. The van der Waals surface area contributed by atoms with Gasteiger partial charge in [0.2, 0.25) is 0 Å². The molecule has 0 unspecified atom stereocenters. The van der Waals surface area contributed by atoms with Gasteiger partial charge in [-0.25, -0.2) is 4.39 Å². The van der Waals surface area contributed by atoms with E-state index in [9.17, 15) is 4.39 Å². The average molecular weight is 340 g/mol. The molecule has 0 spiro atoms. The van der Waals surface area contributed by atoms with Crippen LogP contribution >= 0.6 is 12.4 Å². The van der Waals surface area contributed by atoms with E-state index in [1.54, 1.807) is 25.3 Å². The Balaban J connectivity index is 0.00000264. The van der Waals surface area contributed by atoms with Gasteiger partial charge in [0.15, 0.2) is 11.5 Å². The minimum absolute atomic E-state index is 0. The summed E-state index contributed by atoms with van der Waals surface area (Å²) in [6, 6.07) is 12.4. The highest BCUT2D eigenvalue weighted by atomic mass is 35.5. The molecule has 0 saturated carbocycles. The third-order valence-electron chi connectivity index (χ3n) is 3.35. The number of para-hydroxylation sites is 1. The summed E-state index contributed by atoms with van der Waals surface area (Å²) < 4.78 is 24.9. The molecule has 0 amide bonds. The molecule has 2 aromatic carbocycles. The molecule has 0 fully saturated rings. The summed E-state index contributed by atoms with van der Waals surface area (Å²) in [6.45, 7) is 3.92. The Kier molecular flexibility index (Phi) is 8.45. The molecule has 0 aliphatic heterocycles. The van der Waals surface area contributed by atoms with Crippen LogP contribution in [-0.4, -0.2) is 13.7 Å². The first-order chi connectivity index (χ1) is 10.8. The van der Waals surface area contributed by atoms with E-state index in [0.717, 1.165) is 18.5 Å². The molecular formula is C18H23ClFNO2. The van der Waals surface area contributed by atoms with Gasteiger partial charge in [0.25, 0.3) is 0 Å². The van der Waals surface area contributed by atoms with Crippen molar-refractivity contribution in [2.24, 2.45) is 0 Å². The number of hydrogen-bond acceptors (Lipinski definition) is 3. The van der Waals surface area contributed by atoms with Crippen molar-refractivity contribution in [1.29, 1.82) is 0 Å². The molecule has 0 atom stereocenters.